The normalized spacial score (nSPS) is 9.69. The number of aromatic hydroxyl groups is 1. The van der Waals surface area contributed by atoms with Gasteiger partial charge in [0.2, 0.25) is 0 Å². The second-order valence-electron chi connectivity index (χ2n) is 2.66. The van der Waals surface area contributed by atoms with E-state index in [9.17, 15) is 15.2 Å². The second kappa shape index (κ2) is 3.30. The molecule has 1 aromatic rings. The Kier molecular flexibility index (Phi) is 2.36. The van der Waals surface area contributed by atoms with Crippen LogP contribution in [0, 0.1) is 17.0 Å². The lowest BCUT2D eigenvalue weighted by Crippen LogP contribution is -1.96. The zero-order valence-electron chi connectivity index (χ0n) is 7.37. The zero-order chi connectivity index (χ0) is 10.0. The topological polar surface area (TPSA) is 75.4 Å². The Balaban J connectivity index is 3.33. The van der Waals surface area contributed by atoms with Crippen LogP contribution in [0.3, 0.4) is 0 Å². The van der Waals surface area contributed by atoms with Crippen molar-refractivity contribution in [3.05, 3.63) is 27.8 Å². The van der Waals surface area contributed by atoms with Crippen LogP contribution >= 0.6 is 0 Å². The molecule has 0 heterocycles. The van der Waals surface area contributed by atoms with Crippen LogP contribution in [0.25, 0.3) is 0 Å². The monoisotopic (exact) mass is 182 g/mol. The van der Waals surface area contributed by atoms with Crippen LogP contribution in [0.2, 0.25) is 0 Å². The Bertz CT molecular complexity index is 349. The molecule has 70 valence electrons. The molecule has 1 aromatic carbocycles. The number of phenolic OH excluding ortho intramolecular Hbond substituents is 1. The fourth-order valence-electron chi connectivity index (χ4n) is 1.04. The molecule has 0 bridgehead atoms. The van der Waals surface area contributed by atoms with Gasteiger partial charge in [-0.15, -0.1) is 0 Å². The van der Waals surface area contributed by atoms with Gasteiger partial charge in [-0.3, -0.25) is 10.1 Å². The van der Waals surface area contributed by atoms with Crippen LogP contribution in [0.4, 0.5) is 11.4 Å². The number of nitrogens with zero attached hydrogens (tertiary/aromatic N) is 1. The van der Waals surface area contributed by atoms with Crippen molar-refractivity contribution in [2.45, 2.75) is 6.92 Å². The summed E-state index contributed by atoms with van der Waals surface area (Å²) in [6, 6.07) is 2.68. The lowest BCUT2D eigenvalue weighted by atomic mass is 10.1. The Hall–Kier alpha value is -1.78. The molecule has 0 unspecified atom stereocenters. The van der Waals surface area contributed by atoms with Gasteiger partial charge in [-0.2, -0.15) is 0 Å². The molecule has 0 atom stereocenters. The molecular formula is C8H10N2O3. The highest BCUT2D eigenvalue weighted by Crippen LogP contribution is 2.30. The fraction of sp³-hybridized carbons (Fsp3) is 0.250. The highest BCUT2D eigenvalue weighted by atomic mass is 16.6. The van der Waals surface area contributed by atoms with Gasteiger partial charge in [-0.1, -0.05) is 0 Å². The van der Waals surface area contributed by atoms with Crippen molar-refractivity contribution >= 4 is 11.4 Å². The predicted octanol–water partition coefficient (Wildman–Crippen LogP) is 1.65. The van der Waals surface area contributed by atoms with E-state index in [4.69, 9.17) is 0 Å². The quantitative estimate of drug-likeness (QED) is 0.414. The predicted molar refractivity (Wildman–Crippen MR) is 49.0 cm³/mol. The lowest BCUT2D eigenvalue weighted by molar-refractivity contribution is -0.384. The summed E-state index contributed by atoms with van der Waals surface area (Å²) >= 11 is 0. The first-order valence-corrected chi connectivity index (χ1v) is 3.72. The largest absolute Gasteiger partial charge is 0.507 e. The van der Waals surface area contributed by atoms with Gasteiger partial charge in [0.25, 0.3) is 5.69 Å². The minimum absolute atomic E-state index is 0.0642. The Morgan fingerprint density at radius 1 is 1.54 bits per heavy atom. The van der Waals surface area contributed by atoms with Crippen LogP contribution in [0.5, 0.6) is 5.75 Å². The first kappa shape index (κ1) is 9.31. The fourth-order valence-corrected chi connectivity index (χ4v) is 1.04. The van der Waals surface area contributed by atoms with Crippen molar-refractivity contribution in [2.24, 2.45) is 0 Å². The molecule has 0 amide bonds. The average molecular weight is 182 g/mol. The maximum absolute atomic E-state index is 10.5. The maximum atomic E-state index is 10.5. The number of benzene rings is 1. The van der Waals surface area contributed by atoms with Crippen molar-refractivity contribution in [3.63, 3.8) is 0 Å². The number of rotatable bonds is 2. The first-order chi connectivity index (χ1) is 6.06. The molecule has 0 radical (unpaired) electrons. The van der Waals surface area contributed by atoms with Crippen molar-refractivity contribution in [1.29, 1.82) is 0 Å². The summed E-state index contributed by atoms with van der Waals surface area (Å²) in [7, 11) is 1.60. The summed E-state index contributed by atoms with van der Waals surface area (Å²) in [5, 5.41) is 22.4. The third-order valence-electron chi connectivity index (χ3n) is 1.78. The van der Waals surface area contributed by atoms with Crippen LogP contribution in [0.15, 0.2) is 12.1 Å². The number of nitro groups is 1. The molecule has 0 spiro atoms. The van der Waals surface area contributed by atoms with Gasteiger partial charge in [0, 0.05) is 7.05 Å². The molecule has 5 heteroatoms. The number of nitro benzene ring substituents is 1. The van der Waals surface area contributed by atoms with Crippen LogP contribution in [0.1, 0.15) is 5.56 Å². The SMILES string of the molecule is CNc1cc(C)c(O)cc1[N+](=O)[O-]. The summed E-state index contributed by atoms with van der Waals surface area (Å²) in [6.07, 6.45) is 0. The summed E-state index contributed by atoms with van der Waals surface area (Å²) in [4.78, 5) is 9.96. The highest BCUT2D eigenvalue weighted by molar-refractivity contribution is 5.65. The van der Waals surface area contributed by atoms with Gasteiger partial charge in [-0.05, 0) is 18.6 Å². The Morgan fingerprint density at radius 3 is 2.62 bits per heavy atom. The summed E-state index contributed by atoms with van der Waals surface area (Å²) in [6.45, 7) is 1.68. The van der Waals surface area contributed by atoms with E-state index in [0.717, 1.165) is 6.07 Å². The smallest absolute Gasteiger partial charge is 0.296 e. The number of phenols is 1. The van der Waals surface area contributed by atoms with E-state index in [1.807, 2.05) is 0 Å². The van der Waals surface area contributed by atoms with E-state index in [1.165, 1.54) is 6.07 Å². The van der Waals surface area contributed by atoms with E-state index in [-0.39, 0.29) is 11.4 Å². The molecule has 0 aromatic heterocycles. The summed E-state index contributed by atoms with van der Waals surface area (Å²) in [5.41, 5.74) is 0.890. The van der Waals surface area contributed by atoms with Crippen molar-refractivity contribution < 1.29 is 10.0 Å². The molecule has 1 rings (SSSR count). The first-order valence-electron chi connectivity index (χ1n) is 3.72. The zero-order valence-corrected chi connectivity index (χ0v) is 7.37. The number of hydrogen-bond acceptors (Lipinski definition) is 4. The molecule has 0 fully saturated rings. The molecular weight excluding hydrogens is 172 g/mol. The molecule has 5 nitrogen and oxygen atoms in total. The lowest BCUT2D eigenvalue weighted by Gasteiger charge is -2.04. The minimum Gasteiger partial charge on any atom is -0.507 e. The number of nitrogens with one attached hydrogen (secondary N) is 1. The molecule has 2 N–H and O–H groups in total. The third kappa shape index (κ3) is 1.69. The second-order valence-corrected chi connectivity index (χ2v) is 2.66. The minimum atomic E-state index is -0.537. The summed E-state index contributed by atoms with van der Waals surface area (Å²) < 4.78 is 0. The molecule has 0 saturated carbocycles. The third-order valence-corrected chi connectivity index (χ3v) is 1.78. The van der Waals surface area contributed by atoms with E-state index in [1.54, 1.807) is 14.0 Å². The van der Waals surface area contributed by atoms with E-state index >= 15 is 0 Å². The van der Waals surface area contributed by atoms with Gasteiger partial charge in [0.15, 0.2) is 0 Å². The average Bonchev–Trinajstić information content (AvgIpc) is 2.08. The van der Waals surface area contributed by atoms with E-state index in [2.05, 4.69) is 5.32 Å². The Morgan fingerprint density at radius 2 is 2.15 bits per heavy atom. The molecule has 0 aliphatic heterocycles. The van der Waals surface area contributed by atoms with E-state index < -0.39 is 4.92 Å². The van der Waals surface area contributed by atoms with Gasteiger partial charge >= 0.3 is 0 Å². The molecule has 0 saturated heterocycles. The maximum Gasteiger partial charge on any atom is 0.296 e. The van der Waals surface area contributed by atoms with Gasteiger partial charge in [0.05, 0.1) is 11.0 Å². The molecule has 0 aliphatic carbocycles. The van der Waals surface area contributed by atoms with Crippen molar-refractivity contribution in [2.75, 3.05) is 12.4 Å². The molecule has 13 heavy (non-hydrogen) atoms. The van der Waals surface area contributed by atoms with Crippen molar-refractivity contribution in [1.82, 2.24) is 0 Å². The standard InChI is InChI=1S/C8H10N2O3/c1-5-3-6(9-2)7(10(12)13)4-8(5)11/h3-4,9,11H,1-2H3. The van der Waals surface area contributed by atoms with Gasteiger partial charge in [0.1, 0.15) is 11.4 Å². The van der Waals surface area contributed by atoms with E-state index in [0.29, 0.717) is 11.3 Å². The number of hydrogen-bond donors (Lipinski definition) is 2. The van der Waals surface area contributed by atoms with Crippen LogP contribution in [-0.4, -0.2) is 17.1 Å². The molecule has 0 aliphatic rings. The Labute approximate surface area is 75.2 Å². The van der Waals surface area contributed by atoms with Crippen LogP contribution < -0.4 is 5.32 Å². The van der Waals surface area contributed by atoms with Gasteiger partial charge in [-0.25, -0.2) is 0 Å². The number of anilines is 1. The van der Waals surface area contributed by atoms with Crippen molar-refractivity contribution in [3.8, 4) is 5.75 Å². The highest BCUT2D eigenvalue weighted by Gasteiger charge is 2.14. The van der Waals surface area contributed by atoms with Gasteiger partial charge < -0.3 is 10.4 Å². The number of aryl methyl sites for hydroxylation is 1. The van der Waals surface area contributed by atoms with Crippen LogP contribution in [-0.2, 0) is 0 Å². The summed E-state index contributed by atoms with van der Waals surface area (Å²) in [5.74, 6) is -0.0642.